The Bertz CT molecular complexity index is 1070. The van der Waals surface area contributed by atoms with Crippen molar-refractivity contribution in [1.29, 1.82) is 0 Å². The predicted octanol–water partition coefficient (Wildman–Crippen LogP) is 2.78. The van der Waals surface area contributed by atoms with Gasteiger partial charge < -0.3 is 9.47 Å². The second-order valence-corrected chi connectivity index (χ2v) is 9.36. The van der Waals surface area contributed by atoms with E-state index in [9.17, 15) is 4.79 Å². The number of fused-ring (bicyclic) bond motifs is 4. The van der Waals surface area contributed by atoms with E-state index < -0.39 is 0 Å². The minimum Gasteiger partial charge on any atom is -0.340 e. The molecule has 2 atom stereocenters. The van der Waals surface area contributed by atoms with Gasteiger partial charge in [-0.05, 0) is 54.8 Å². The highest BCUT2D eigenvalue weighted by Gasteiger charge is 2.36. The second kappa shape index (κ2) is 8.00. The highest BCUT2D eigenvalue weighted by Crippen LogP contribution is 2.36. The first-order valence-electron chi connectivity index (χ1n) is 10.7. The van der Waals surface area contributed by atoms with Crippen LogP contribution in [0.4, 0.5) is 5.95 Å². The first-order valence-corrected chi connectivity index (χ1v) is 11.6. The standard InChI is InChI=1S/C22H28N6OS/c1-3-28-22(23-15-24-28)26-10-17-8-19(13-26)20-5-4-18(21(29)27(20)11-17)12-25(2)9-16-6-7-30-14-16/h4-7,14-15,17,19H,3,8-13H2,1-2H3/t17-,19+/m0/s1. The lowest BCUT2D eigenvalue weighted by Gasteiger charge is -2.43. The van der Waals surface area contributed by atoms with E-state index in [1.54, 1.807) is 17.7 Å². The molecule has 1 fully saturated rings. The lowest BCUT2D eigenvalue weighted by atomic mass is 9.83. The second-order valence-electron chi connectivity index (χ2n) is 8.58. The Labute approximate surface area is 180 Å². The van der Waals surface area contributed by atoms with Gasteiger partial charge in [-0.1, -0.05) is 6.07 Å². The first-order chi connectivity index (χ1) is 14.6. The summed E-state index contributed by atoms with van der Waals surface area (Å²) in [4.78, 5) is 22.4. The molecule has 0 aromatic carbocycles. The molecule has 5 heterocycles. The summed E-state index contributed by atoms with van der Waals surface area (Å²) in [7, 11) is 2.08. The van der Waals surface area contributed by atoms with E-state index in [0.717, 1.165) is 50.7 Å². The van der Waals surface area contributed by atoms with Crippen LogP contribution in [-0.4, -0.2) is 44.4 Å². The third-order valence-corrected chi connectivity index (χ3v) is 7.07. The SMILES string of the molecule is CCn1ncnc1N1C[C@@H]2C[C@H](C1)c1ccc(CN(C)Cc3ccsc3)c(=O)n1C2. The van der Waals surface area contributed by atoms with Crippen molar-refractivity contribution in [2.75, 3.05) is 25.0 Å². The zero-order chi connectivity index (χ0) is 20.7. The number of piperidine rings is 1. The lowest BCUT2D eigenvalue weighted by Crippen LogP contribution is -2.48. The lowest BCUT2D eigenvalue weighted by molar-refractivity contribution is 0.274. The van der Waals surface area contributed by atoms with E-state index in [1.807, 2.05) is 10.7 Å². The van der Waals surface area contributed by atoms with Crippen LogP contribution in [0.15, 0.2) is 40.1 Å². The smallest absolute Gasteiger partial charge is 0.255 e. The molecule has 0 radical (unpaired) electrons. The van der Waals surface area contributed by atoms with E-state index in [-0.39, 0.29) is 5.56 Å². The molecule has 1 saturated heterocycles. The topological polar surface area (TPSA) is 59.2 Å². The fourth-order valence-corrected chi connectivity index (χ4v) is 5.70. The number of pyridine rings is 1. The Balaban J connectivity index is 1.36. The van der Waals surface area contributed by atoms with Gasteiger partial charge in [0.1, 0.15) is 6.33 Å². The average molecular weight is 425 g/mol. The Kier molecular flexibility index (Phi) is 5.20. The number of anilines is 1. The van der Waals surface area contributed by atoms with Crippen molar-refractivity contribution in [2.24, 2.45) is 5.92 Å². The molecule has 158 valence electrons. The Morgan fingerprint density at radius 3 is 2.90 bits per heavy atom. The maximum absolute atomic E-state index is 13.3. The molecule has 8 heteroatoms. The van der Waals surface area contributed by atoms with Crippen molar-refractivity contribution in [3.63, 3.8) is 0 Å². The van der Waals surface area contributed by atoms with Gasteiger partial charge in [0.25, 0.3) is 5.56 Å². The summed E-state index contributed by atoms with van der Waals surface area (Å²) in [6.07, 6.45) is 2.79. The van der Waals surface area contributed by atoms with Gasteiger partial charge in [-0.15, -0.1) is 0 Å². The van der Waals surface area contributed by atoms with Crippen LogP contribution < -0.4 is 10.5 Å². The number of rotatable bonds is 6. The van der Waals surface area contributed by atoms with Crippen LogP contribution in [0.1, 0.15) is 36.1 Å². The maximum Gasteiger partial charge on any atom is 0.255 e. The van der Waals surface area contributed by atoms with Gasteiger partial charge in [0.15, 0.2) is 0 Å². The number of aromatic nitrogens is 4. The van der Waals surface area contributed by atoms with Gasteiger partial charge in [0.05, 0.1) is 0 Å². The van der Waals surface area contributed by atoms with Crippen LogP contribution in [0.5, 0.6) is 0 Å². The molecule has 7 nitrogen and oxygen atoms in total. The molecule has 0 amide bonds. The van der Waals surface area contributed by atoms with Crippen LogP contribution in [-0.2, 0) is 26.2 Å². The quantitative estimate of drug-likeness (QED) is 0.609. The number of aryl methyl sites for hydroxylation is 1. The maximum atomic E-state index is 13.3. The summed E-state index contributed by atoms with van der Waals surface area (Å²) in [5.41, 5.74) is 3.55. The van der Waals surface area contributed by atoms with Crippen molar-refractivity contribution >= 4 is 17.3 Å². The largest absolute Gasteiger partial charge is 0.340 e. The zero-order valence-corrected chi connectivity index (χ0v) is 18.4. The van der Waals surface area contributed by atoms with Crippen molar-refractivity contribution in [2.45, 2.75) is 45.4 Å². The molecular formula is C22H28N6OS. The van der Waals surface area contributed by atoms with E-state index in [4.69, 9.17) is 0 Å². The Morgan fingerprint density at radius 1 is 1.20 bits per heavy atom. The van der Waals surface area contributed by atoms with Crippen LogP contribution >= 0.6 is 11.3 Å². The van der Waals surface area contributed by atoms with E-state index >= 15 is 0 Å². The van der Waals surface area contributed by atoms with Crippen LogP contribution in [0.25, 0.3) is 0 Å². The van der Waals surface area contributed by atoms with Gasteiger partial charge in [0, 0.05) is 56.4 Å². The van der Waals surface area contributed by atoms with Crippen molar-refractivity contribution in [3.05, 3.63) is 62.5 Å². The van der Waals surface area contributed by atoms with Gasteiger partial charge >= 0.3 is 0 Å². The van der Waals surface area contributed by atoms with Gasteiger partial charge in [-0.25, -0.2) is 4.68 Å². The molecule has 0 N–H and O–H groups in total. The van der Waals surface area contributed by atoms with E-state index in [2.05, 4.69) is 61.3 Å². The highest BCUT2D eigenvalue weighted by molar-refractivity contribution is 7.07. The minimum atomic E-state index is 0.185. The minimum absolute atomic E-state index is 0.185. The van der Waals surface area contributed by atoms with Gasteiger partial charge in [-0.3, -0.25) is 9.69 Å². The number of nitrogens with zero attached hydrogens (tertiary/aromatic N) is 6. The summed E-state index contributed by atoms with van der Waals surface area (Å²) in [5.74, 6) is 1.79. The van der Waals surface area contributed by atoms with E-state index in [0.29, 0.717) is 18.4 Å². The van der Waals surface area contributed by atoms with Crippen molar-refractivity contribution in [1.82, 2.24) is 24.2 Å². The van der Waals surface area contributed by atoms with Crippen LogP contribution in [0.2, 0.25) is 0 Å². The number of hydrogen-bond donors (Lipinski definition) is 0. The molecule has 2 aliphatic heterocycles. The van der Waals surface area contributed by atoms with Gasteiger partial charge in [-0.2, -0.15) is 21.4 Å². The van der Waals surface area contributed by atoms with Crippen molar-refractivity contribution < 1.29 is 0 Å². The summed E-state index contributed by atoms with van der Waals surface area (Å²) in [6, 6.07) is 6.38. The molecule has 2 aliphatic rings. The van der Waals surface area contributed by atoms with Crippen molar-refractivity contribution in [3.8, 4) is 0 Å². The normalized spacial score (nSPS) is 20.6. The molecule has 0 saturated carbocycles. The van der Waals surface area contributed by atoms with Crippen LogP contribution in [0.3, 0.4) is 0 Å². The van der Waals surface area contributed by atoms with Gasteiger partial charge in [0.2, 0.25) is 5.95 Å². The third kappa shape index (κ3) is 3.58. The Morgan fingerprint density at radius 2 is 2.10 bits per heavy atom. The number of thiophene rings is 1. The fraction of sp³-hybridized carbons (Fsp3) is 0.500. The zero-order valence-electron chi connectivity index (χ0n) is 17.6. The molecule has 2 bridgehead atoms. The summed E-state index contributed by atoms with van der Waals surface area (Å²) in [5, 5.41) is 8.60. The monoisotopic (exact) mass is 424 g/mol. The molecule has 0 aliphatic carbocycles. The molecule has 3 aromatic rings. The average Bonchev–Trinajstić information content (AvgIpc) is 3.42. The summed E-state index contributed by atoms with van der Waals surface area (Å²) in [6.45, 7) is 7.08. The fourth-order valence-electron chi connectivity index (χ4n) is 5.04. The molecule has 0 spiro atoms. The summed E-state index contributed by atoms with van der Waals surface area (Å²) >= 11 is 1.71. The molecule has 5 rings (SSSR count). The molecular weight excluding hydrogens is 396 g/mol. The molecule has 0 unspecified atom stereocenters. The molecule has 3 aromatic heterocycles. The summed E-state index contributed by atoms with van der Waals surface area (Å²) < 4.78 is 4.01. The predicted molar refractivity (Wildman–Crippen MR) is 119 cm³/mol. The first kappa shape index (κ1) is 19.5. The highest BCUT2D eigenvalue weighted by atomic mass is 32.1. The number of hydrogen-bond acceptors (Lipinski definition) is 6. The molecule has 30 heavy (non-hydrogen) atoms. The van der Waals surface area contributed by atoms with Crippen LogP contribution in [0, 0.1) is 5.92 Å². The van der Waals surface area contributed by atoms with E-state index in [1.165, 1.54) is 11.3 Å². The third-order valence-electron chi connectivity index (χ3n) is 6.33. The Hall–Kier alpha value is -2.45.